The number of nitrogens with zero attached hydrogens (tertiary/aromatic N) is 1. The minimum absolute atomic E-state index is 0.0149. The zero-order valence-corrected chi connectivity index (χ0v) is 13.6. The van der Waals surface area contributed by atoms with Crippen molar-refractivity contribution in [2.75, 3.05) is 18.5 Å². The zero-order chi connectivity index (χ0) is 16.3. The summed E-state index contributed by atoms with van der Waals surface area (Å²) in [7, 11) is -1.32. The number of rotatable bonds is 4. The van der Waals surface area contributed by atoms with Crippen LogP contribution >= 0.6 is 11.6 Å². The maximum absolute atomic E-state index is 12.8. The molecular weight excluding hydrogens is 326 g/mol. The number of hydrogen-bond acceptors (Lipinski definition) is 4. The molecule has 5 nitrogen and oxygen atoms in total. The summed E-state index contributed by atoms with van der Waals surface area (Å²) in [6.07, 6.45) is 0. The quantitative estimate of drug-likeness (QED) is 0.803. The molecule has 0 aliphatic rings. The summed E-state index contributed by atoms with van der Waals surface area (Å²) in [5.74, 6) is -0.710. The average Bonchev–Trinajstić information content (AvgIpc) is 2.53. The summed E-state index contributed by atoms with van der Waals surface area (Å²) in [4.78, 5) is 11.6. The summed E-state index contributed by atoms with van der Waals surface area (Å²) >= 11 is 5.89. The van der Waals surface area contributed by atoms with Crippen molar-refractivity contribution in [3.8, 4) is 0 Å². The highest BCUT2D eigenvalue weighted by Crippen LogP contribution is 2.26. The molecule has 0 aliphatic carbocycles. The first-order valence-electron chi connectivity index (χ1n) is 6.30. The van der Waals surface area contributed by atoms with E-state index in [4.69, 9.17) is 11.6 Å². The van der Waals surface area contributed by atoms with Gasteiger partial charge in [0.05, 0.1) is 18.4 Å². The third-order valence-corrected chi connectivity index (χ3v) is 5.18. The molecule has 0 unspecified atom stereocenters. The van der Waals surface area contributed by atoms with Crippen LogP contribution in [0.15, 0.2) is 53.4 Å². The van der Waals surface area contributed by atoms with E-state index in [9.17, 15) is 13.2 Å². The fourth-order valence-corrected chi connectivity index (χ4v) is 3.48. The van der Waals surface area contributed by atoms with E-state index >= 15 is 0 Å². The number of methoxy groups -OCH3 is 1. The predicted molar refractivity (Wildman–Crippen MR) is 84.8 cm³/mol. The molecule has 2 aromatic rings. The van der Waals surface area contributed by atoms with Gasteiger partial charge in [0.1, 0.15) is 4.90 Å². The van der Waals surface area contributed by atoms with Crippen LogP contribution in [-0.2, 0) is 14.8 Å². The van der Waals surface area contributed by atoms with Gasteiger partial charge in [-0.2, -0.15) is 0 Å². The first-order chi connectivity index (χ1) is 10.4. The Labute approximate surface area is 134 Å². The van der Waals surface area contributed by atoms with Crippen molar-refractivity contribution in [3.63, 3.8) is 0 Å². The van der Waals surface area contributed by atoms with Gasteiger partial charge in [0, 0.05) is 12.1 Å². The van der Waals surface area contributed by atoms with Gasteiger partial charge in [-0.3, -0.25) is 4.31 Å². The molecule has 22 heavy (non-hydrogen) atoms. The maximum atomic E-state index is 12.8. The van der Waals surface area contributed by atoms with Gasteiger partial charge in [-0.1, -0.05) is 29.8 Å². The minimum Gasteiger partial charge on any atom is -0.465 e. The van der Waals surface area contributed by atoms with Crippen LogP contribution in [0.1, 0.15) is 10.4 Å². The van der Waals surface area contributed by atoms with E-state index in [1.807, 2.05) is 0 Å². The van der Waals surface area contributed by atoms with Crippen LogP contribution in [0, 0.1) is 0 Å². The van der Waals surface area contributed by atoms with Gasteiger partial charge in [-0.15, -0.1) is 0 Å². The summed E-state index contributed by atoms with van der Waals surface area (Å²) in [5.41, 5.74) is 0.381. The molecule has 2 rings (SSSR count). The molecule has 2 aromatic carbocycles. The number of hydrogen-bond donors (Lipinski definition) is 0. The summed E-state index contributed by atoms with van der Waals surface area (Å²) in [5, 5.41) is 0.417. The minimum atomic E-state index is -3.92. The third kappa shape index (κ3) is 3.08. The molecule has 0 saturated carbocycles. The Kier molecular flexibility index (Phi) is 4.73. The Bertz CT molecular complexity index is 805. The van der Waals surface area contributed by atoms with Crippen molar-refractivity contribution >= 4 is 33.3 Å². The van der Waals surface area contributed by atoms with Crippen LogP contribution < -0.4 is 4.31 Å². The predicted octanol–water partition coefficient (Wildman–Crippen LogP) is 2.95. The second-order valence-corrected chi connectivity index (χ2v) is 6.81. The fraction of sp³-hybridized carbons (Fsp3) is 0.133. The first-order valence-corrected chi connectivity index (χ1v) is 8.11. The monoisotopic (exact) mass is 339 g/mol. The van der Waals surface area contributed by atoms with Gasteiger partial charge in [-0.05, 0) is 30.3 Å². The number of carbonyl (C=O) groups excluding carboxylic acids is 1. The number of halogens is 1. The standard InChI is InChI=1S/C15H14ClNO4S/c1-17(12-7-5-6-11(16)10-12)22(19,20)14-9-4-3-8-13(14)15(18)21-2/h3-10H,1-2H3. The van der Waals surface area contributed by atoms with Crippen LogP contribution in [0.5, 0.6) is 0 Å². The van der Waals surface area contributed by atoms with E-state index in [-0.39, 0.29) is 10.5 Å². The van der Waals surface area contributed by atoms with Gasteiger partial charge in [-0.25, -0.2) is 13.2 Å². The molecule has 0 N–H and O–H groups in total. The van der Waals surface area contributed by atoms with Crippen molar-refractivity contribution in [2.24, 2.45) is 0 Å². The molecule has 0 heterocycles. The molecule has 0 radical (unpaired) electrons. The van der Waals surface area contributed by atoms with E-state index in [0.29, 0.717) is 10.7 Å². The first kappa shape index (κ1) is 16.3. The third-order valence-electron chi connectivity index (χ3n) is 3.10. The van der Waals surface area contributed by atoms with Crippen molar-refractivity contribution in [3.05, 3.63) is 59.1 Å². The van der Waals surface area contributed by atoms with Crippen LogP contribution in [0.2, 0.25) is 5.02 Å². The normalized spacial score (nSPS) is 11.0. The lowest BCUT2D eigenvalue weighted by Gasteiger charge is -2.21. The number of ether oxygens (including phenoxy) is 1. The smallest absolute Gasteiger partial charge is 0.339 e. The lowest BCUT2D eigenvalue weighted by atomic mass is 10.2. The lowest BCUT2D eigenvalue weighted by molar-refractivity contribution is 0.0596. The van der Waals surface area contributed by atoms with E-state index in [2.05, 4.69) is 4.74 Å². The van der Waals surface area contributed by atoms with Gasteiger partial charge in [0.25, 0.3) is 10.0 Å². The highest BCUT2D eigenvalue weighted by atomic mass is 35.5. The molecule has 0 spiro atoms. The number of sulfonamides is 1. The second kappa shape index (κ2) is 6.37. The van der Waals surface area contributed by atoms with Crippen LogP contribution in [-0.4, -0.2) is 28.5 Å². The summed E-state index contributed by atoms with van der Waals surface area (Å²) in [6.45, 7) is 0. The maximum Gasteiger partial charge on any atom is 0.339 e. The number of benzene rings is 2. The lowest BCUT2D eigenvalue weighted by Crippen LogP contribution is -2.28. The molecular formula is C15H14ClNO4S. The number of esters is 1. The van der Waals surface area contributed by atoms with Gasteiger partial charge in [0.15, 0.2) is 0 Å². The molecule has 0 aromatic heterocycles. The Hall–Kier alpha value is -2.05. The van der Waals surface area contributed by atoms with E-state index < -0.39 is 16.0 Å². The average molecular weight is 340 g/mol. The molecule has 0 saturated heterocycles. The van der Waals surface area contributed by atoms with Gasteiger partial charge in [0.2, 0.25) is 0 Å². The van der Waals surface area contributed by atoms with Crippen molar-refractivity contribution < 1.29 is 17.9 Å². The van der Waals surface area contributed by atoms with Crippen molar-refractivity contribution in [1.29, 1.82) is 0 Å². The topological polar surface area (TPSA) is 63.7 Å². The Morgan fingerprint density at radius 1 is 1.14 bits per heavy atom. The molecule has 0 bridgehead atoms. The van der Waals surface area contributed by atoms with Crippen LogP contribution in [0.3, 0.4) is 0 Å². The highest BCUT2D eigenvalue weighted by molar-refractivity contribution is 7.92. The second-order valence-electron chi connectivity index (χ2n) is 4.44. The summed E-state index contributed by atoms with van der Waals surface area (Å²) < 4.78 is 31.2. The van der Waals surface area contributed by atoms with Gasteiger partial charge < -0.3 is 4.74 Å². The largest absolute Gasteiger partial charge is 0.465 e. The van der Waals surface area contributed by atoms with Gasteiger partial charge >= 0.3 is 5.97 Å². The molecule has 116 valence electrons. The van der Waals surface area contributed by atoms with Crippen molar-refractivity contribution in [2.45, 2.75) is 4.90 Å². The molecule has 0 atom stereocenters. The Morgan fingerprint density at radius 3 is 2.45 bits per heavy atom. The molecule has 7 heteroatoms. The van der Waals surface area contributed by atoms with E-state index in [0.717, 1.165) is 4.31 Å². The fourth-order valence-electron chi connectivity index (χ4n) is 1.93. The van der Waals surface area contributed by atoms with E-state index in [1.54, 1.807) is 30.3 Å². The number of carbonyl (C=O) groups is 1. The Morgan fingerprint density at radius 2 is 1.82 bits per heavy atom. The molecule has 0 amide bonds. The Balaban J connectivity index is 2.54. The summed E-state index contributed by atoms with van der Waals surface area (Å²) in [6, 6.07) is 12.3. The molecule has 0 fully saturated rings. The zero-order valence-electron chi connectivity index (χ0n) is 12.0. The highest BCUT2D eigenvalue weighted by Gasteiger charge is 2.27. The van der Waals surface area contributed by atoms with Crippen LogP contribution in [0.25, 0.3) is 0 Å². The van der Waals surface area contributed by atoms with Crippen molar-refractivity contribution in [1.82, 2.24) is 0 Å². The van der Waals surface area contributed by atoms with E-state index in [1.165, 1.54) is 32.4 Å². The van der Waals surface area contributed by atoms with Crippen LogP contribution in [0.4, 0.5) is 5.69 Å². The SMILES string of the molecule is COC(=O)c1ccccc1S(=O)(=O)N(C)c1cccc(Cl)c1. The molecule has 0 aliphatic heterocycles. The number of anilines is 1.